The predicted octanol–water partition coefficient (Wildman–Crippen LogP) is 5.86. The molecule has 0 bridgehead atoms. The van der Waals surface area contributed by atoms with Gasteiger partial charge in [0.25, 0.3) is 0 Å². The highest BCUT2D eigenvalue weighted by molar-refractivity contribution is 6.31. The molecule has 1 unspecified atom stereocenters. The van der Waals surface area contributed by atoms with Crippen LogP contribution in [-0.2, 0) is 6.61 Å². The fraction of sp³-hybridized carbons (Fsp3) is 0.350. The highest BCUT2D eigenvalue weighted by atomic mass is 35.5. The molecule has 0 aliphatic rings. The van der Waals surface area contributed by atoms with Gasteiger partial charge in [0, 0.05) is 11.1 Å². The summed E-state index contributed by atoms with van der Waals surface area (Å²) in [6, 6.07) is 12.4. The second-order valence-corrected chi connectivity index (χ2v) is 6.71. The summed E-state index contributed by atoms with van der Waals surface area (Å²) in [5.41, 5.74) is 4.43. The molecule has 0 spiro atoms. The first-order chi connectivity index (χ1) is 11.5. The molecule has 0 amide bonds. The SMILES string of the molecule is CCC(C)n1c(COc2cccc(C)c2C)nc2cc(Cl)ccc21. The van der Waals surface area contributed by atoms with Crippen molar-refractivity contribution in [1.29, 1.82) is 0 Å². The van der Waals surface area contributed by atoms with Crippen molar-refractivity contribution in [1.82, 2.24) is 9.55 Å². The molecule has 24 heavy (non-hydrogen) atoms. The topological polar surface area (TPSA) is 27.1 Å². The van der Waals surface area contributed by atoms with E-state index in [2.05, 4.69) is 38.3 Å². The molecule has 0 saturated carbocycles. The van der Waals surface area contributed by atoms with Gasteiger partial charge in [0.2, 0.25) is 0 Å². The number of fused-ring (bicyclic) bond motifs is 1. The standard InChI is InChI=1S/C20H23ClN2O/c1-5-14(3)23-18-10-9-16(21)11-17(18)22-20(23)12-24-19-8-6-7-13(2)15(19)4/h6-11,14H,5,12H2,1-4H3. The van der Waals surface area contributed by atoms with E-state index in [-0.39, 0.29) is 0 Å². The number of hydrogen-bond acceptors (Lipinski definition) is 2. The van der Waals surface area contributed by atoms with Gasteiger partial charge in [0.05, 0.1) is 11.0 Å². The zero-order valence-corrected chi connectivity index (χ0v) is 15.4. The van der Waals surface area contributed by atoms with Crippen molar-refractivity contribution in [2.24, 2.45) is 0 Å². The first-order valence-electron chi connectivity index (χ1n) is 8.36. The Hall–Kier alpha value is -2.00. The minimum atomic E-state index is 0.355. The van der Waals surface area contributed by atoms with Crippen LogP contribution in [0, 0.1) is 13.8 Å². The monoisotopic (exact) mass is 342 g/mol. The summed E-state index contributed by atoms with van der Waals surface area (Å²) in [5.74, 6) is 1.85. The Kier molecular flexibility index (Phi) is 4.81. The number of aromatic nitrogens is 2. The second kappa shape index (κ2) is 6.86. The molecule has 0 radical (unpaired) electrons. The van der Waals surface area contributed by atoms with E-state index in [4.69, 9.17) is 21.3 Å². The number of nitrogens with zero attached hydrogens (tertiary/aromatic N) is 2. The lowest BCUT2D eigenvalue weighted by molar-refractivity contribution is 0.283. The summed E-state index contributed by atoms with van der Waals surface area (Å²) >= 11 is 6.12. The summed E-state index contributed by atoms with van der Waals surface area (Å²) in [4.78, 5) is 4.76. The molecule has 126 valence electrons. The molecule has 3 aromatic rings. The smallest absolute Gasteiger partial charge is 0.148 e. The lowest BCUT2D eigenvalue weighted by atomic mass is 10.1. The van der Waals surface area contributed by atoms with Crippen molar-refractivity contribution in [3.63, 3.8) is 0 Å². The Balaban J connectivity index is 1.97. The predicted molar refractivity (Wildman–Crippen MR) is 100.0 cm³/mol. The van der Waals surface area contributed by atoms with E-state index in [0.717, 1.165) is 29.0 Å². The lowest BCUT2D eigenvalue weighted by Crippen LogP contribution is -2.11. The Bertz CT molecular complexity index is 869. The average molecular weight is 343 g/mol. The van der Waals surface area contributed by atoms with Crippen LogP contribution in [0.5, 0.6) is 5.75 Å². The number of rotatable bonds is 5. The van der Waals surface area contributed by atoms with E-state index in [0.29, 0.717) is 17.7 Å². The molecule has 0 saturated heterocycles. The lowest BCUT2D eigenvalue weighted by Gasteiger charge is -2.17. The van der Waals surface area contributed by atoms with Gasteiger partial charge in [-0.1, -0.05) is 30.7 Å². The number of imidazole rings is 1. The van der Waals surface area contributed by atoms with E-state index in [1.807, 2.05) is 30.3 Å². The van der Waals surface area contributed by atoms with Crippen LogP contribution >= 0.6 is 11.6 Å². The van der Waals surface area contributed by atoms with Gasteiger partial charge in [-0.05, 0) is 62.6 Å². The summed E-state index contributed by atoms with van der Waals surface area (Å²) in [6.45, 7) is 9.01. The van der Waals surface area contributed by atoms with Gasteiger partial charge in [-0.3, -0.25) is 0 Å². The van der Waals surface area contributed by atoms with Gasteiger partial charge in [-0.15, -0.1) is 0 Å². The minimum Gasteiger partial charge on any atom is -0.485 e. The zero-order valence-electron chi connectivity index (χ0n) is 14.6. The average Bonchev–Trinajstić information content (AvgIpc) is 2.92. The van der Waals surface area contributed by atoms with E-state index in [1.54, 1.807) is 0 Å². The number of benzene rings is 2. The molecule has 4 heteroatoms. The third-order valence-corrected chi connectivity index (χ3v) is 4.90. The zero-order chi connectivity index (χ0) is 17.3. The molecular weight excluding hydrogens is 320 g/mol. The van der Waals surface area contributed by atoms with Crippen molar-refractivity contribution < 1.29 is 4.74 Å². The molecule has 1 atom stereocenters. The first-order valence-corrected chi connectivity index (χ1v) is 8.74. The van der Waals surface area contributed by atoms with Crippen molar-refractivity contribution >= 4 is 22.6 Å². The van der Waals surface area contributed by atoms with Crippen molar-refractivity contribution in [2.45, 2.75) is 46.8 Å². The third kappa shape index (κ3) is 3.13. The van der Waals surface area contributed by atoms with Crippen LogP contribution in [-0.4, -0.2) is 9.55 Å². The van der Waals surface area contributed by atoms with Gasteiger partial charge >= 0.3 is 0 Å². The summed E-state index contributed by atoms with van der Waals surface area (Å²) in [5, 5.41) is 0.707. The van der Waals surface area contributed by atoms with Gasteiger partial charge in [-0.2, -0.15) is 0 Å². The van der Waals surface area contributed by atoms with Crippen LogP contribution in [0.15, 0.2) is 36.4 Å². The molecule has 0 aliphatic heterocycles. The Labute approximate surface area is 148 Å². The van der Waals surface area contributed by atoms with Crippen molar-refractivity contribution in [3.05, 3.63) is 58.4 Å². The van der Waals surface area contributed by atoms with Crippen LogP contribution < -0.4 is 4.74 Å². The highest BCUT2D eigenvalue weighted by Gasteiger charge is 2.16. The van der Waals surface area contributed by atoms with Gasteiger partial charge in [-0.25, -0.2) is 4.98 Å². The normalized spacial score (nSPS) is 12.5. The van der Waals surface area contributed by atoms with Crippen LogP contribution in [0.1, 0.15) is 43.3 Å². The number of halogens is 1. The molecule has 3 rings (SSSR count). The van der Waals surface area contributed by atoms with Crippen LogP contribution in [0.2, 0.25) is 5.02 Å². The Morgan fingerprint density at radius 2 is 2.00 bits per heavy atom. The van der Waals surface area contributed by atoms with Gasteiger partial charge in [0.15, 0.2) is 0 Å². The second-order valence-electron chi connectivity index (χ2n) is 6.28. The van der Waals surface area contributed by atoms with Gasteiger partial charge in [0.1, 0.15) is 18.2 Å². The van der Waals surface area contributed by atoms with E-state index in [1.165, 1.54) is 11.1 Å². The van der Waals surface area contributed by atoms with Crippen LogP contribution in [0.4, 0.5) is 0 Å². The number of aryl methyl sites for hydroxylation is 1. The summed E-state index contributed by atoms with van der Waals surface area (Å²) < 4.78 is 8.34. The van der Waals surface area contributed by atoms with Crippen LogP contribution in [0.3, 0.4) is 0 Å². The molecular formula is C20H23ClN2O. The summed E-state index contributed by atoms with van der Waals surface area (Å²) in [7, 11) is 0. The Morgan fingerprint density at radius 1 is 1.21 bits per heavy atom. The maximum atomic E-state index is 6.12. The van der Waals surface area contributed by atoms with Gasteiger partial charge < -0.3 is 9.30 Å². The fourth-order valence-electron chi connectivity index (χ4n) is 2.92. The van der Waals surface area contributed by atoms with Crippen molar-refractivity contribution in [2.75, 3.05) is 0 Å². The molecule has 0 N–H and O–H groups in total. The molecule has 1 aromatic heterocycles. The maximum Gasteiger partial charge on any atom is 0.148 e. The fourth-order valence-corrected chi connectivity index (χ4v) is 3.09. The number of ether oxygens (including phenoxy) is 1. The summed E-state index contributed by atoms with van der Waals surface area (Å²) in [6.07, 6.45) is 1.03. The molecule has 3 nitrogen and oxygen atoms in total. The highest BCUT2D eigenvalue weighted by Crippen LogP contribution is 2.27. The number of hydrogen-bond donors (Lipinski definition) is 0. The van der Waals surface area contributed by atoms with E-state index >= 15 is 0 Å². The molecule has 0 aliphatic carbocycles. The quantitative estimate of drug-likeness (QED) is 0.581. The Morgan fingerprint density at radius 3 is 2.75 bits per heavy atom. The largest absolute Gasteiger partial charge is 0.485 e. The van der Waals surface area contributed by atoms with E-state index in [9.17, 15) is 0 Å². The van der Waals surface area contributed by atoms with Crippen LogP contribution in [0.25, 0.3) is 11.0 Å². The van der Waals surface area contributed by atoms with Crippen molar-refractivity contribution in [3.8, 4) is 5.75 Å². The molecule has 1 heterocycles. The first kappa shape index (κ1) is 16.8. The van der Waals surface area contributed by atoms with E-state index < -0.39 is 0 Å². The maximum absolute atomic E-state index is 6.12. The third-order valence-electron chi connectivity index (χ3n) is 4.67. The molecule has 0 fully saturated rings. The minimum absolute atomic E-state index is 0.355. The molecule has 2 aromatic carbocycles.